The van der Waals surface area contributed by atoms with Crippen LogP contribution < -0.4 is 19.8 Å². The molecule has 0 fully saturated rings. The first-order valence-electron chi connectivity index (χ1n) is 11.7. The zero-order chi connectivity index (χ0) is 24.9. The SMILES string of the molecule is CCN(CC)c1ccc2c(=O)c(C(=O)c3ccccc3)c(Cc3ccc(OC)c(OC)c3)oc2c1. The molecule has 35 heavy (non-hydrogen) atoms. The lowest BCUT2D eigenvalue weighted by Gasteiger charge is -2.21. The topological polar surface area (TPSA) is 69.0 Å². The lowest BCUT2D eigenvalue weighted by atomic mass is 9.97. The lowest BCUT2D eigenvalue weighted by molar-refractivity contribution is 0.103. The van der Waals surface area contributed by atoms with Crippen molar-refractivity contribution in [2.24, 2.45) is 0 Å². The Kier molecular flexibility index (Phi) is 7.20. The molecule has 1 aromatic heterocycles. The average molecular weight is 472 g/mol. The van der Waals surface area contributed by atoms with Crippen molar-refractivity contribution < 1.29 is 18.7 Å². The second-order valence-electron chi connectivity index (χ2n) is 8.14. The van der Waals surface area contributed by atoms with Crippen LogP contribution in [-0.2, 0) is 6.42 Å². The van der Waals surface area contributed by atoms with E-state index in [1.165, 1.54) is 0 Å². The number of carbonyl (C=O) groups excluding carboxylic acids is 1. The van der Waals surface area contributed by atoms with Gasteiger partial charge in [-0.3, -0.25) is 9.59 Å². The molecule has 0 aliphatic heterocycles. The smallest absolute Gasteiger partial charge is 0.204 e. The summed E-state index contributed by atoms with van der Waals surface area (Å²) in [5.74, 6) is 1.12. The van der Waals surface area contributed by atoms with Gasteiger partial charge in [0.1, 0.15) is 16.9 Å². The molecule has 0 amide bonds. The van der Waals surface area contributed by atoms with Gasteiger partial charge in [0.2, 0.25) is 5.43 Å². The van der Waals surface area contributed by atoms with Crippen LogP contribution in [0.2, 0.25) is 0 Å². The quantitative estimate of drug-likeness (QED) is 0.301. The zero-order valence-electron chi connectivity index (χ0n) is 20.5. The highest BCUT2D eigenvalue weighted by atomic mass is 16.5. The summed E-state index contributed by atoms with van der Waals surface area (Å²) in [4.78, 5) is 29.3. The lowest BCUT2D eigenvalue weighted by Crippen LogP contribution is -2.22. The van der Waals surface area contributed by atoms with Crippen LogP contribution >= 0.6 is 0 Å². The molecule has 0 bridgehead atoms. The van der Waals surface area contributed by atoms with Gasteiger partial charge in [-0.1, -0.05) is 36.4 Å². The predicted molar refractivity (Wildman–Crippen MR) is 138 cm³/mol. The zero-order valence-corrected chi connectivity index (χ0v) is 20.5. The summed E-state index contributed by atoms with van der Waals surface area (Å²) in [5, 5.41) is 0.385. The molecule has 4 aromatic rings. The number of hydrogen-bond donors (Lipinski definition) is 0. The van der Waals surface area contributed by atoms with Crippen molar-refractivity contribution in [2.45, 2.75) is 20.3 Å². The predicted octanol–water partition coefficient (Wildman–Crippen LogP) is 5.48. The molecule has 0 unspecified atom stereocenters. The van der Waals surface area contributed by atoms with Crippen molar-refractivity contribution in [3.63, 3.8) is 0 Å². The number of nitrogens with zero attached hydrogens (tertiary/aromatic N) is 1. The van der Waals surface area contributed by atoms with E-state index >= 15 is 0 Å². The molecule has 0 aliphatic rings. The van der Waals surface area contributed by atoms with Gasteiger partial charge < -0.3 is 18.8 Å². The molecule has 180 valence electrons. The summed E-state index contributed by atoms with van der Waals surface area (Å²) in [6, 6.07) is 19.8. The first kappa shape index (κ1) is 24.1. The van der Waals surface area contributed by atoms with Crippen LogP contribution in [-0.4, -0.2) is 33.1 Å². The maximum Gasteiger partial charge on any atom is 0.204 e. The number of rotatable bonds is 9. The van der Waals surface area contributed by atoms with E-state index in [-0.39, 0.29) is 23.2 Å². The molecule has 0 spiro atoms. The second-order valence-corrected chi connectivity index (χ2v) is 8.14. The number of hydrogen-bond acceptors (Lipinski definition) is 6. The fourth-order valence-electron chi connectivity index (χ4n) is 4.28. The first-order chi connectivity index (χ1) is 17.0. The number of anilines is 1. The summed E-state index contributed by atoms with van der Waals surface area (Å²) >= 11 is 0. The van der Waals surface area contributed by atoms with Crippen LogP contribution in [0.15, 0.2) is 75.9 Å². The highest BCUT2D eigenvalue weighted by molar-refractivity contribution is 6.10. The van der Waals surface area contributed by atoms with Crippen LogP contribution in [0.3, 0.4) is 0 Å². The van der Waals surface area contributed by atoms with Crippen molar-refractivity contribution in [3.05, 3.63) is 99.4 Å². The van der Waals surface area contributed by atoms with Crippen molar-refractivity contribution in [1.29, 1.82) is 0 Å². The van der Waals surface area contributed by atoms with E-state index in [2.05, 4.69) is 18.7 Å². The fourth-order valence-corrected chi connectivity index (χ4v) is 4.28. The molecule has 4 rings (SSSR count). The first-order valence-corrected chi connectivity index (χ1v) is 11.7. The van der Waals surface area contributed by atoms with Gasteiger partial charge in [-0.15, -0.1) is 0 Å². The Hall–Kier alpha value is -4.06. The highest BCUT2D eigenvalue weighted by Gasteiger charge is 2.23. The number of fused-ring (bicyclic) bond motifs is 1. The van der Waals surface area contributed by atoms with E-state index in [0.29, 0.717) is 33.8 Å². The van der Waals surface area contributed by atoms with Crippen molar-refractivity contribution in [3.8, 4) is 11.5 Å². The minimum absolute atomic E-state index is 0.0501. The van der Waals surface area contributed by atoms with Gasteiger partial charge in [0, 0.05) is 36.8 Å². The van der Waals surface area contributed by atoms with Gasteiger partial charge in [-0.25, -0.2) is 0 Å². The summed E-state index contributed by atoms with van der Waals surface area (Å²) in [6.45, 7) is 5.81. The standard InChI is InChI=1S/C29H29NO5/c1-5-30(6-2)21-13-14-22-24(18-21)35-26(17-19-12-15-23(33-3)25(16-19)34-4)27(29(22)32)28(31)20-10-8-7-9-11-20/h7-16,18H,5-6,17H2,1-4H3. The molecular weight excluding hydrogens is 442 g/mol. The van der Waals surface area contributed by atoms with Crippen molar-refractivity contribution in [1.82, 2.24) is 0 Å². The highest BCUT2D eigenvalue weighted by Crippen LogP contribution is 2.30. The van der Waals surface area contributed by atoms with Crippen LogP contribution in [0.5, 0.6) is 11.5 Å². The normalized spacial score (nSPS) is 10.9. The number of ketones is 1. The third-order valence-electron chi connectivity index (χ3n) is 6.15. The molecule has 0 saturated heterocycles. The second kappa shape index (κ2) is 10.5. The Labute approximate surface area is 204 Å². The molecule has 0 saturated carbocycles. The number of carbonyl (C=O) groups is 1. The third kappa shape index (κ3) is 4.78. The Morgan fingerprint density at radius 2 is 1.60 bits per heavy atom. The average Bonchev–Trinajstić information content (AvgIpc) is 2.89. The maximum absolute atomic E-state index is 13.7. The third-order valence-corrected chi connectivity index (χ3v) is 6.15. The van der Waals surface area contributed by atoms with Crippen molar-refractivity contribution in [2.75, 3.05) is 32.2 Å². The Bertz CT molecular complexity index is 1400. The molecule has 3 aromatic carbocycles. The molecule has 6 heteroatoms. The maximum atomic E-state index is 13.7. The van der Waals surface area contributed by atoms with E-state index in [1.54, 1.807) is 50.6 Å². The van der Waals surface area contributed by atoms with Crippen LogP contribution in [0.4, 0.5) is 5.69 Å². The Morgan fingerprint density at radius 1 is 0.886 bits per heavy atom. The summed E-state index contributed by atoms with van der Waals surface area (Å²) in [6.07, 6.45) is 0.245. The molecule has 0 atom stereocenters. The Balaban J connectivity index is 1.91. The van der Waals surface area contributed by atoms with Crippen molar-refractivity contribution >= 4 is 22.4 Å². The van der Waals surface area contributed by atoms with Gasteiger partial charge in [0.25, 0.3) is 0 Å². The van der Waals surface area contributed by atoms with Gasteiger partial charge >= 0.3 is 0 Å². The summed E-state index contributed by atoms with van der Waals surface area (Å²) in [7, 11) is 3.14. The van der Waals surface area contributed by atoms with E-state index < -0.39 is 0 Å². The molecule has 6 nitrogen and oxygen atoms in total. The number of benzene rings is 3. The van der Waals surface area contributed by atoms with E-state index in [1.807, 2.05) is 30.3 Å². The van der Waals surface area contributed by atoms with Crippen LogP contribution in [0.1, 0.15) is 41.1 Å². The largest absolute Gasteiger partial charge is 0.493 e. The molecule has 0 aliphatic carbocycles. The van der Waals surface area contributed by atoms with Gasteiger partial charge in [-0.05, 0) is 43.7 Å². The minimum atomic E-state index is -0.357. The summed E-state index contributed by atoms with van der Waals surface area (Å²) < 4.78 is 17.1. The number of ether oxygens (including phenoxy) is 2. The molecule has 1 heterocycles. The van der Waals surface area contributed by atoms with E-state index in [0.717, 1.165) is 24.3 Å². The molecular formula is C29H29NO5. The van der Waals surface area contributed by atoms with Gasteiger partial charge in [-0.2, -0.15) is 0 Å². The van der Waals surface area contributed by atoms with Gasteiger partial charge in [0.15, 0.2) is 17.3 Å². The van der Waals surface area contributed by atoms with Gasteiger partial charge in [0.05, 0.1) is 19.6 Å². The van der Waals surface area contributed by atoms with Crippen LogP contribution in [0, 0.1) is 0 Å². The molecule has 0 N–H and O–H groups in total. The van der Waals surface area contributed by atoms with E-state index in [9.17, 15) is 9.59 Å². The van der Waals surface area contributed by atoms with E-state index in [4.69, 9.17) is 13.9 Å². The number of methoxy groups -OCH3 is 2. The molecule has 0 radical (unpaired) electrons. The minimum Gasteiger partial charge on any atom is -0.493 e. The van der Waals surface area contributed by atoms with Crippen LogP contribution in [0.25, 0.3) is 11.0 Å². The monoisotopic (exact) mass is 471 g/mol. The fraction of sp³-hybridized carbons (Fsp3) is 0.241. The Morgan fingerprint density at radius 3 is 2.26 bits per heavy atom. The summed E-state index contributed by atoms with van der Waals surface area (Å²) in [5.41, 5.74) is 2.40.